The number of carbonyl (C=O) groups is 2. The van der Waals surface area contributed by atoms with Gasteiger partial charge in [-0.3, -0.25) is 0 Å². The van der Waals surface area contributed by atoms with E-state index in [-0.39, 0.29) is 12.3 Å². The van der Waals surface area contributed by atoms with Crippen LogP contribution in [0.5, 0.6) is 0 Å². The summed E-state index contributed by atoms with van der Waals surface area (Å²) < 4.78 is 15.4. The zero-order valence-corrected chi connectivity index (χ0v) is 17.1. The Bertz CT molecular complexity index is 903. The van der Waals surface area contributed by atoms with Crippen molar-refractivity contribution in [1.29, 1.82) is 0 Å². The van der Waals surface area contributed by atoms with Crippen molar-refractivity contribution >= 4 is 12.1 Å². The lowest BCUT2D eigenvalue weighted by Crippen LogP contribution is -2.32. The Kier molecular flexibility index (Phi) is 7.78. The van der Waals surface area contributed by atoms with Crippen LogP contribution in [0.2, 0.25) is 0 Å². The minimum Gasteiger partial charge on any atom is -0.461 e. The van der Waals surface area contributed by atoms with Gasteiger partial charge in [-0.25, -0.2) is 19.6 Å². The van der Waals surface area contributed by atoms with E-state index in [0.29, 0.717) is 36.5 Å². The lowest BCUT2D eigenvalue weighted by Gasteiger charge is -2.19. The molecule has 0 aliphatic rings. The summed E-state index contributed by atoms with van der Waals surface area (Å²) in [5.74, 6) is 5.74. The number of hydrogen-bond donors (Lipinski definition) is 1. The van der Waals surface area contributed by atoms with Gasteiger partial charge in [-0.15, -0.1) is 0 Å². The number of unbranched alkanes of at least 4 members (excludes halogenated alkanes) is 1. The maximum absolute atomic E-state index is 11.7. The molecule has 0 bridgehead atoms. The largest absolute Gasteiger partial charge is 0.461 e. The molecular weight excluding hydrogens is 374 g/mol. The third-order valence-electron chi connectivity index (χ3n) is 3.36. The smallest absolute Gasteiger partial charge is 0.407 e. The molecule has 1 N–H and O–H groups in total. The predicted octanol–water partition coefficient (Wildman–Crippen LogP) is 3.57. The molecule has 1 amide bonds. The van der Waals surface area contributed by atoms with Crippen molar-refractivity contribution in [3.05, 3.63) is 36.0 Å². The van der Waals surface area contributed by atoms with Gasteiger partial charge in [0.15, 0.2) is 5.69 Å². The van der Waals surface area contributed by atoms with Gasteiger partial charge >= 0.3 is 12.1 Å². The fourth-order valence-electron chi connectivity index (χ4n) is 2.17. The second-order valence-electron chi connectivity index (χ2n) is 7.02. The number of amides is 1. The topological polar surface area (TPSA) is 104 Å². The molecule has 0 atom stereocenters. The molecule has 0 unspecified atom stereocenters. The summed E-state index contributed by atoms with van der Waals surface area (Å²) in [7, 11) is 0. The Morgan fingerprint density at radius 1 is 1.31 bits per heavy atom. The monoisotopic (exact) mass is 399 g/mol. The molecule has 0 spiro atoms. The van der Waals surface area contributed by atoms with E-state index in [9.17, 15) is 9.59 Å². The van der Waals surface area contributed by atoms with Crippen LogP contribution in [0, 0.1) is 11.8 Å². The number of aromatic nitrogens is 2. The van der Waals surface area contributed by atoms with Crippen LogP contribution in [0.1, 0.15) is 56.7 Å². The number of rotatable bonds is 6. The molecule has 2 heterocycles. The molecule has 0 radical (unpaired) electrons. The lowest BCUT2D eigenvalue weighted by molar-refractivity contribution is 0.0512. The number of alkyl carbamates (subject to hydrolysis) is 1. The Morgan fingerprint density at radius 2 is 2.10 bits per heavy atom. The molecule has 0 aromatic carbocycles. The van der Waals surface area contributed by atoms with Crippen LogP contribution in [-0.2, 0) is 9.47 Å². The minimum atomic E-state index is -0.531. The molecule has 0 aliphatic heterocycles. The first-order valence-corrected chi connectivity index (χ1v) is 9.33. The highest BCUT2D eigenvalue weighted by molar-refractivity contribution is 5.87. The summed E-state index contributed by atoms with van der Waals surface area (Å²) >= 11 is 0. The summed E-state index contributed by atoms with van der Waals surface area (Å²) in [5.41, 5.74) is 0.814. The number of nitrogens with one attached hydrogen (secondary N) is 1. The molecule has 0 aliphatic carbocycles. The van der Waals surface area contributed by atoms with E-state index < -0.39 is 17.7 Å². The molecule has 0 saturated heterocycles. The van der Waals surface area contributed by atoms with Crippen LogP contribution >= 0.6 is 0 Å². The van der Waals surface area contributed by atoms with E-state index in [1.165, 1.54) is 6.26 Å². The van der Waals surface area contributed by atoms with Crippen molar-refractivity contribution in [2.75, 3.05) is 13.2 Å². The first-order valence-electron chi connectivity index (χ1n) is 9.33. The quantitative estimate of drug-likeness (QED) is 0.450. The van der Waals surface area contributed by atoms with Crippen LogP contribution in [0.25, 0.3) is 11.5 Å². The number of ether oxygens (including phenoxy) is 2. The Morgan fingerprint density at radius 3 is 2.83 bits per heavy atom. The standard InChI is InChI=1S/C21H25N3O5/c1-5-27-19(25)17-14-28-18(24-17)15-10-12-22-16(13-15)9-7-6-8-11-23-20(26)29-21(2,3)4/h10,12-14H,5-6,8,11H2,1-4H3,(H,23,26). The number of oxazole rings is 1. The van der Waals surface area contributed by atoms with Crippen molar-refractivity contribution in [2.45, 2.75) is 46.1 Å². The maximum atomic E-state index is 11.7. The van der Waals surface area contributed by atoms with Gasteiger partial charge in [-0.1, -0.05) is 5.92 Å². The highest BCUT2D eigenvalue weighted by Gasteiger charge is 2.15. The maximum Gasteiger partial charge on any atom is 0.407 e. The number of pyridine rings is 1. The van der Waals surface area contributed by atoms with E-state index in [0.717, 1.165) is 0 Å². The Hall–Kier alpha value is -3.34. The van der Waals surface area contributed by atoms with E-state index in [1.54, 1.807) is 25.3 Å². The van der Waals surface area contributed by atoms with Crippen molar-refractivity contribution in [3.63, 3.8) is 0 Å². The minimum absolute atomic E-state index is 0.115. The number of hydrogen-bond acceptors (Lipinski definition) is 7. The zero-order chi connectivity index (χ0) is 21.3. The molecule has 0 saturated carbocycles. The number of carbonyl (C=O) groups excluding carboxylic acids is 2. The first kappa shape index (κ1) is 22.0. The summed E-state index contributed by atoms with van der Waals surface area (Å²) in [4.78, 5) is 31.6. The van der Waals surface area contributed by atoms with Gasteiger partial charge in [-0.05, 0) is 52.2 Å². The van der Waals surface area contributed by atoms with Crippen LogP contribution in [0.15, 0.2) is 29.0 Å². The van der Waals surface area contributed by atoms with Crippen molar-refractivity contribution < 1.29 is 23.5 Å². The number of esters is 1. The summed E-state index contributed by atoms with van der Waals surface area (Å²) in [6, 6.07) is 3.45. The van der Waals surface area contributed by atoms with Crippen LogP contribution < -0.4 is 5.32 Å². The Balaban J connectivity index is 1.86. The third kappa shape index (κ3) is 7.66. The highest BCUT2D eigenvalue weighted by Crippen LogP contribution is 2.19. The van der Waals surface area contributed by atoms with Gasteiger partial charge in [-0.2, -0.15) is 0 Å². The summed E-state index contributed by atoms with van der Waals surface area (Å²) in [6.07, 6.45) is 3.70. The molecule has 2 rings (SSSR count). The fourth-order valence-corrected chi connectivity index (χ4v) is 2.17. The van der Waals surface area contributed by atoms with Crippen LogP contribution in [0.4, 0.5) is 4.79 Å². The molecule has 8 heteroatoms. The van der Waals surface area contributed by atoms with Crippen molar-refractivity contribution in [2.24, 2.45) is 0 Å². The van der Waals surface area contributed by atoms with Crippen LogP contribution in [-0.4, -0.2) is 40.8 Å². The molecule has 2 aromatic heterocycles. The predicted molar refractivity (Wildman–Crippen MR) is 106 cm³/mol. The SMILES string of the molecule is CCOC(=O)c1coc(-c2ccnc(C#CCCCNC(=O)OC(C)(C)C)c2)n1. The molecule has 29 heavy (non-hydrogen) atoms. The average Bonchev–Trinajstić information content (AvgIpc) is 3.14. The van der Waals surface area contributed by atoms with Gasteiger partial charge < -0.3 is 19.2 Å². The second-order valence-corrected chi connectivity index (χ2v) is 7.02. The zero-order valence-electron chi connectivity index (χ0n) is 17.1. The number of nitrogens with zero attached hydrogens (tertiary/aromatic N) is 2. The van der Waals surface area contributed by atoms with Gasteiger partial charge in [0.25, 0.3) is 0 Å². The summed E-state index contributed by atoms with van der Waals surface area (Å²) in [6.45, 7) is 7.91. The van der Waals surface area contributed by atoms with E-state index in [1.807, 2.05) is 20.8 Å². The molecular formula is C21H25N3O5. The summed E-state index contributed by atoms with van der Waals surface area (Å²) in [5, 5.41) is 2.69. The van der Waals surface area contributed by atoms with Gasteiger partial charge in [0.2, 0.25) is 5.89 Å². The van der Waals surface area contributed by atoms with Crippen molar-refractivity contribution in [1.82, 2.24) is 15.3 Å². The van der Waals surface area contributed by atoms with Gasteiger partial charge in [0, 0.05) is 24.7 Å². The van der Waals surface area contributed by atoms with Crippen LogP contribution in [0.3, 0.4) is 0 Å². The average molecular weight is 399 g/mol. The lowest BCUT2D eigenvalue weighted by atomic mass is 10.2. The van der Waals surface area contributed by atoms with E-state index in [4.69, 9.17) is 13.9 Å². The van der Waals surface area contributed by atoms with Crippen molar-refractivity contribution in [3.8, 4) is 23.3 Å². The fraction of sp³-hybridized carbons (Fsp3) is 0.429. The molecule has 8 nitrogen and oxygen atoms in total. The second kappa shape index (κ2) is 10.3. The van der Waals surface area contributed by atoms with Gasteiger partial charge in [0.1, 0.15) is 17.6 Å². The molecule has 2 aromatic rings. The molecule has 154 valence electrons. The third-order valence-corrected chi connectivity index (χ3v) is 3.36. The van der Waals surface area contributed by atoms with Gasteiger partial charge in [0.05, 0.1) is 6.61 Å². The molecule has 0 fully saturated rings. The normalized spacial score (nSPS) is 10.6. The van der Waals surface area contributed by atoms with E-state index >= 15 is 0 Å². The highest BCUT2D eigenvalue weighted by atomic mass is 16.6. The first-order chi connectivity index (χ1) is 13.8. The van der Waals surface area contributed by atoms with E-state index in [2.05, 4.69) is 27.1 Å². The Labute approximate surface area is 170 Å².